The Bertz CT molecular complexity index is 231. The van der Waals surface area contributed by atoms with Crippen molar-refractivity contribution in [1.82, 2.24) is 9.78 Å². The molecule has 0 spiro atoms. The molecule has 0 aliphatic heterocycles. The molecule has 0 fully saturated rings. The SMILES string of the molecule is Cc1nn(CCC(C)C)cc1N. The van der Waals surface area contributed by atoms with Crippen molar-refractivity contribution in [1.29, 1.82) is 0 Å². The molecular formula is C9H17N3. The lowest BCUT2D eigenvalue weighted by Crippen LogP contribution is -2.01. The molecule has 0 aliphatic rings. The van der Waals surface area contributed by atoms with Crippen molar-refractivity contribution in [2.45, 2.75) is 33.7 Å². The predicted molar refractivity (Wildman–Crippen MR) is 50.8 cm³/mol. The van der Waals surface area contributed by atoms with Gasteiger partial charge in [-0.3, -0.25) is 4.68 Å². The predicted octanol–water partition coefficient (Wildman–Crippen LogP) is 1.82. The molecule has 0 unspecified atom stereocenters. The lowest BCUT2D eigenvalue weighted by Gasteiger charge is -2.03. The lowest BCUT2D eigenvalue weighted by molar-refractivity contribution is 0.485. The van der Waals surface area contributed by atoms with Crippen LogP contribution in [0.2, 0.25) is 0 Å². The third-order valence-corrected chi connectivity index (χ3v) is 1.92. The number of rotatable bonds is 3. The van der Waals surface area contributed by atoms with Crippen molar-refractivity contribution in [3.05, 3.63) is 11.9 Å². The molecule has 12 heavy (non-hydrogen) atoms. The molecule has 0 bridgehead atoms. The third-order valence-electron chi connectivity index (χ3n) is 1.92. The second-order valence-electron chi connectivity index (χ2n) is 3.62. The fourth-order valence-corrected chi connectivity index (χ4v) is 1.04. The van der Waals surface area contributed by atoms with E-state index >= 15 is 0 Å². The quantitative estimate of drug-likeness (QED) is 0.746. The average Bonchev–Trinajstić information content (AvgIpc) is 2.28. The molecule has 1 aromatic rings. The van der Waals surface area contributed by atoms with Crippen LogP contribution in [0.25, 0.3) is 0 Å². The summed E-state index contributed by atoms with van der Waals surface area (Å²) in [5.41, 5.74) is 7.38. The zero-order valence-electron chi connectivity index (χ0n) is 8.04. The van der Waals surface area contributed by atoms with E-state index in [1.807, 2.05) is 17.8 Å². The average molecular weight is 167 g/mol. The highest BCUT2D eigenvalue weighted by Gasteiger charge is 2.00. The smallest absolute Gasteiger partial charge is 0.0822 e. The Morgan fingerprint density at radius 1 is 1.58 bits per heavy atom. The molecule has 1 rings (SSSR count). The van der Waals surface area contributed by atoms with Gasteiger partial charge in [0.2, 0.25) is 0 Å². The Kier molecular flexibility index (Phi) is 2.74. The Balaban J connectivity index is 2.53. The van der Waals surface area contributed by atoms with Crippen molar-refractivity contribution >= 4 is 5.69 Å². The Morgan fingerprint density at radius 2 is 2.25 bits per heavy atom. The van der Waals surface area contributed by atoms with Gasteiger partial charge in [0.15, 0.2) is 0 Å². The first-order valence-corrected chi connectivity index (χ1v) is 4.39. The number of nitrogens with zero attached hydrogens (tertiary/aromatic N) is 2. The minimum Gasteiger partial charge on any atom is -0.396 e. The van der Waals surface area contributed by atoms with Crippen LogP contribution in [-0.4, -0.2) is 9.78 Å². The largest absolute Gasteiger partial charge is 0.396 e. The zero-order chi connectivity index (χ0) is 9.14. The van der Waals surface area contributed by atoms with Crippen LogP contribution in [0.1, 0.15) is 26.0 Å². The van der Waals surface area contributed by atoms with E-state index in [2.05, 4.69) is 18.9 Å². The third kappa shape index (κ3) is 2.26. The van der Waals surface area contributed by atoms with E-state index < -0.39 is 0 Å². The number of nitrogens with two attached hydrogens (primary N) is 1. The number of aromatic nitrogens is 2. The Labute approximate surface area is 73.6 Å². The maximum Gasteiger partial charge on any atom is 0.0822 e. The van der Waals surface area contributed by atoms with Gasteiger partial charge >= 0.3 is 0 Å². The van der Waals surface area contributed by atoms with Gasteiger partial charge < -0.3 is 5.73 Å². The highest BCUT2D eigenvalue weighted by Crippen LogP contribution is 2.08. The van der Waals surface area contributed by atoms with Crippen LogP contribution in [0.15, 0.2) is 6.20 Å². The van der Waals surface area contributed by atoms with Crippen molar-refractivity contribution in [3.8, 4) is 0 Å². The molecule has 1 aromatic heterocycles. The second-order valence-corrected chi connectivity index (χ2v) is 3.62. The Morgan fingerprint density at radius 3 is 2.67 bits per heavy atom. The summed E-state index contributed by atoms with van der Waals surface area (Å²) >= 11 is 0. The van der Waals surface area contributed by atoms with Gasteiger partial charge in [0.05, 0.1) is 11.4 Å². The first-order valence-electron chi connectivity index (χ1n) is 4.39. The van der Waals surface area contributed by atoms with E-state index in [0.717, 1.165) is 30.3 Å². The maximum atomic E-state index is 5.66. The van der Waals surface area contributed by atoms with Gasteiger partial charge in [0.1, 0.15) is 0 Å². The number of hydrogen-bond acceptors (Lipinski definition) is 2. The summed E-state index contributed by atoms with van der Waals surface area (Å²) in [7, 11) is 0. The molecule has 0 saturated carbocycles. The number of anilines is 1. The normalized spacial score (nSPS) is 11.0. The van der Waals surface area contributed by atoms with Crippen LogP contribution in [-0.2, 0) is 6.54 Å². The molecule has 0 radical (unpaired) electrons. The van der Waals surface area contributed by atoms with Gasteiger partial charge in [-0.1, -0.05) is 13.8 Å². The van der Waals surface area contributed by atoms with Gasteiger partial charge in [-0.2, -0.15) is 5.10 Å². The summed E-state index contributed by atoms with van der Waals surface area (Å²) in [5, 5.41) is 4.27. The van der Waals surface area contributed by atoms with Crippen LogP contribution in [0.5, 0.6) is 0 Å². The minimum atomic E-state index is 0.718. The minimum absolute atomic E-state index is 0.718. The first-order chi connectivity index (χ1) is 5.59. The van der Waals surface area contributed by atoms with Crippen LogP contribution in [0.3, 0.4) is 0 Å². The summed E-state index contributed by atoms with van der Waals surface area (Å²) in [4.78, 5) is 0. The van der Waals surface area contributed by atoms with Crippen molar-refractivity contribution in [2.24, 2.45) is 5.92 Å². The van der Waals surface area contributed by atoms with E-state index in [1.165, 1.54) is 0 Å². The molecule has 0 atom stereocenters. The van der Waals surface area contributed by atoms with Gasteiger partial charge in [0.25, 0.3) is 0 Å². The van der Waals surface area contributed by atoms with Gasteiger partial charge in [0, 0.05) is 12.7 Å². The maximum absolute atomic E-state index is 5.66. The lowest BCUT2D eigenvalue weighted by atomic mass is 10.1. The molecule has 2 N–H and O–H groups in total. The van der Waals surface area contributed by atoms with Gasteiger partial charge in [-0.05, 0) is 19.3 Å². The molecular weight excluding hydrogens is 150 g/mol. The summed E-state index contributed by atoms with van der Waals surface area (Å²) < 4.78 is 1.92. The van der Waals surface area contributed by atoms with Crippen molar-refractivity contribution in [3.63, 3.8) is 0 Å². The number of hydrogen-bond donors (Lipinski definition) is 1. The molecule has 68 valence electrons. The number of aryl methyl sites for hydroxylation is 2. The van der Waals surface area contributed by atoms with Gasteiger partial charge in [-0.25, -0.2) is 0 Å². The van der Waals surface area contributed by atoms with Crippen molar-refractivity contribution < 1.29 is 0 Å². The summed E-state index contributed by atoms with van der Waals surface area (Å²) in [6.45, 7) is 7.32. The van der Waals surface area contributed by atoms with Crippen LogP contribution in [0.4, 0.5) is 5.69 Å². The monoisotopic (exact) mass is 167 g/mol. The summed E-state index contributed by atoms with van der Waals surface area (Å²) in [6.07, 6.45) is 3.05. The van der Waals surface area contributed by atoms with Gasteiger partial charge in [-0.15, -0.1) is 0 Å². The zero-order valence-corrected chi connectivity index (χ0v) is 8.04. The summed E-state index contributed by atoms with van der Waals surface area (Å²) in [6, 6.07) is 0. The second kappa shape index (κ2) is 3.61. The fourth-order valence-electron chi connectivity index (χ4n) is 1.04. The van der Waals surface area contributed by atoms with E-state index in [9.17, 15) is 0 Å². The van der Waals surface area contributed by atoms with E-state index in [1.54, 1.807) is 0 Å². The van der Waals surface area contributed by atoms with E-state index in [4.69, 9.17) is 5.73 Å². The standard InChI is InChI=1S/C9H17N3/c1-7(2)4-5-12-6-9(10)8(3)11-12/h6-7H,4-5,10H2,1-3H3. The molecule has 3 heteroatoms. The van der Waals surface area contributed by atoms with E-state index in [0.29, 0.717) is 0 Å². The van der Waals surface area contributed by atoms with Crippen LogP contribution < -0.4 is 5.73 Å². The highest BCUT2D eigenvalue weighted by molar-refractivity contribution is 5.39. The topological polar surface area (TPSA) is 43.8 Å². The van der Waals surface area contributed by atoms with Crippen LogP contribution in [0, 0.1) is 12.8 Å². The van der Waals surface area contributed by atoms with Crippen molar-refractivity contribution in [2.75, 3.05) is 5.73 Å². The molecule has 0 aromatic carbocycles. The molecule has 0 amide bonds. The Hall–Kier alpha value is -0.990. The molecule has 0 saturated heterocycles. The van der Waals surface area contributed by atoms with Crippen LogP contribution >= 0.6 is 0 Å². The number of nitrogen functional groups attached to an aromatic ring is 1. The van der Waals surface area contributed by atoms with E-state index in [-0.39, 0.29) is 0 Å². The first kappa shape index (κ1) is 9.10. The fraction of sp³-hybridized carbons (Fsp3) is 0.667. The molecule has 0 aliphatic carbocycles. The highest BCUT2D eigenvalue weighted by atomic mass is 15.3. The summed E-state index contributed by atoms with van der Waals surface area (Å²) in [5.74, 6) is 0.718. The molecule has 3 nitrogen and oxygen atoms in total. The molecule has 1 heterocycles.